The Morgan fingerprint density at radius 2 is 2.19 bits per heavy atom. The minimum absolute atomic E-state index is 0.231. The van der Waals surface area contributed by atoms with Crippen molar-refractivity contribution in [1.29, 1.82) is 0 Å². The minimum atomic E-state index is -0.231. The summed E-state index contributed by atoms with van der Waals surface area (Å²) in [5.74, 6) is 1.03. The number of nitrogen functional groups attached to an aromatic ring is 1. The summed E-state index contributed by atoms with van der Waals surface area (Å²) in [6, 6.07) is 3.45. The molecule has 2 heterocycles. The molecule has 7 nitrogen and oxygen atoms in total. The first kappa shape index (κ1) is 13.2. The Morgan fingerprint density at radius 1 is 1.38 bits per heavy atom. The van der Waals surface area contributed by atoms with Crippen LogP contribution in [-0.4, -0.2) is 19.7 Å². The highest BCUT2D eigenvalue weighted by Crippen LogP contribution is 2.30. The maximum atomic E-state index is 11.7. The third-order valence-electron chi connectivity index (χ3n) is 3.11. The first-order valence-electron chi connectivity index (χ1n) is 6.53. The molecule has 0 aliphatic heterocycles. The summed E-state index contributed by atoms with van der Waals surface area (Å²) >= 11 is 0. The second-order valence-corrected chi connectivity index (χ2v) is 4.99. The van der Waals surface area contributed by atoms with Gasteiger partial charge in [0.2, 0.25) is 0 Å². The minimum Gasteiger partial charge on any atom is -0.452 e. The third kappa shape index (κ3) is 2.45. The van der Waals surface area contributed by atoms with Gasteiger partial charge in [-0.15, -0.1) is 0 Å². The molecular formula is C14H15N5O2. The number of benzene rings is 1. The van der Waals surface area contributed by atoms with Crippen LogP contribution < -0.4 is 16.0 Å². The Kier molecular flexibility index (Phi) is 3.09. The van der Waals surface area contributed by atoms with Crippen molar-refractivity contribution in [2.45, 2.75) is 19.9 Å². The van der Waals surface area contributed by atoms with E-state index in [0.29, 0.717) is 28.1 Å². The molecule has 0 amide bonds. The van der Waals surface area contributed by atoms with Crippen molar-refractivity contribution in [3.63, 3.8) is 0 Å². The van der Waals surface area contributed by atoms with E-state index in [-0.39, 0.29) is 11.6 Å². The van der Waals surface area contributed by atoms with Gasteiger partial charge >= 0.3 is 0 Å². The molecule has 2 aromatic heterocycles. The molecule has 3 rings (SSSR count). The molecule has 7 heteroatoms. The fourth-order valence-corrected chi connectivity index (χ4v) is 1.98. The molecule has 0 aliphatic rings. The molecule has 0 spiro atoms. The van der Waals surface area contributed by atoms with Crippen LogP contribution in [0, 0.1) is 0 Å². The number of fused-ring (bicyclic) bond motifs is 1. The molecule has 3 aromatic rings. The number of aromatic amines is 1. The molecule has 0 radical (unpaired) electrons. The average Bonchev–Trinajstić information content (AvgIpc) is 2.90. The third-order valence-corrected chi connectivity index (χ3v) is 3.11. The highest BCUT2D eigenvalue weighted by atomic mass is 16.5. The predicted octanol–water partition coefficient (Wildman–Crippen LogP) is 2.07. The van der Waals surface area contributed by atoms with Gasteiger partial charge in [-0.1, -0.05) is 0 Å². The van der Waals surface area contributed by atoms with Crippen molar-refractivity contribution in [2.75, 3.05) is 5.73 Å². The molecule has 0 bridgehead atoms. The number of nitrogens with one attached hydrogen (secondary N) is 1. The molecule has 0 unspecified atom stereocenters. The van der Waals surface area contributed by atoms with Gasteiger partial charge in [-0.25, -0.2) is 4.98 Å². The van der Waals surface area contributed by atoms with Gasteiger partial charge in [0.15, 0.2) is 11.5 Å². The predicted molar refractivity (Wildman–Crippen MR) is 79.5 cm³/mol. The maximum Gasteiger partial charge on any atom is 0.258 e. The highest BCUT2D eigenvalue weighted by molar-refractivity contribution is 5.84. The zero-order valence-electron chi connectivity index (χ0n) is 11.7. The van der Waals surface area contributed by atoms with Gasteiger partial charge in [-0.05, 0) is 19.9 Å². The fourth-order valence-electron chi connectivity index (χ4n) is 1.98. The van der Waals surface area contributed by atoms with Gasteiger partial charge < -0.3 is 15.5 Å². The summed E-state index contributed by atoms with van der Waals surface area (Å²) < 4.78 is 7.51. The Bertz CT molecular complexity index is 850. The van der Waals surface area contributed by atoms with Crippen LogP contribution in [0.2, 0.25) is 0 Å². The molecule has 108 valence electrons. The lowest BCUT2D eigenvalue weighted by Gasteiger charge is -2.08. The molecule has 3 N–H and O–H groups in total. The molecular weight excluding hydrogens is 270 g/mol. The topological polar surface area (TPSA) is 98.8 Å². The van der Waals surface area contributed by atoms with E-state index in [1.165, 1.54) is 6.33 Å². The molecule has 0 aliphatic carbocycles. The second kappa shape index (κ2) is 4.93. The van der Waals surface area contributed by atoms with E-state index in [1.807, 2.05) is 13.8 Å². The Balaban J connectivity index is 2.00. The lowest BCUT2D eigenvalue weighted by atomic mass is 10.2. The van der Waals surface area contributed by atoms with E-state index < -0.39 is 0 Å². The number of nitrogens with two attached hydrogens (primary N) is 1. The van der Waals surface area contributed by atoms with E-state index in [2.05, 4.69) is 15.1 Å². The standard InChI is InChI=1S/C14H15N5O2/c1-8(2)19-6-9(5-18-19)21-13-4-12-10(3-11(13)15)14(20)17-7-16-12/h3-8H,15H2,1-2H3,(H,16,17,20). The summed E-state index contributed by atoms with van der Waals surface area (Å²) in [7, 11) is 0. The van der Waals surface area contributed by atoms with Crippen LogP contribution in [0.3, 0.4) is 0 Å². The zero-order chi connectivity index (χ0) is 15.0. The first-order valence-corrected chi connectivity index (χ1v) is 6.53. The number of H-pyrrole nitrogens is 1. The number of hydrogen-bond acceptors (Lipinski definition) is 5. The van der Waals surface area contributed by atoms with Gasteiger partial charge in [0.05, 0.1) is 35.3 Å². The number of rotatable bonds is 3. The number of nitrogens with zero attached hydrogens (tertiary/aromatic N) is 3. The van der Waals surface area contributed by atoms with Crippen LogP contribution in [0.5, 0.6) is 11.5 Å². The van der Waals surface area contributed by atoms with Crippen LogP contribution in [-0.2, 0) is 0 Å². The molecule has 0 saturated heterocycles. The van der Waals surface area contributed by atoms with Gasteiger partial charge in [-0.2, -0.15) is 5.10 Å². The fraction of sp³-hybridized carbons (Fsp3) is 0.214. The molecule has 0 fully saturated rings. The maximum absolute atomic E-state index is 11.7. The smallest absolute Gasteiger partial charge is 0.258 e. The van der Waals surface area contributed by atoms with Crippen LogP contribution in [0.15, 0.2) is 35.6 Å². The lowest BCUT2D eigenvalue weighted by Crippen LogP contribution is -2.07. The Morgan fingerprint density at radius 3 is 2.90 bits per heavy atom. The normalized spacial score (nSPS) is 11.2. The Labute approximate surface area is 120 Å². The Hall–Kier alpha value is -2.83. The highest BCUT2D eigenvalue weighted by Gasteiger charge is 2.10. The molecule has 1 aromatic carbocycles. The van der Waals surface area contributed by atoms with Crippen molar-refractivity contribution in [3.8, 4) is 11.5 Å². The summed E-state index contributed by atoms with van der Waals surface area (Å²) in [5.41, 5.74) is 6.61. The lowest BCUT2D eigenvalue weighted by molar-refractivity contribution is 0.480. The van der Waals surface area contributed by atoms with Crippen molar-refractivity contribution < 1.29 is 4.74 Å². The quantitative estimate of drug-likeness (QED) is 0.718. The average molecular weight is 285 g/mol. The van der Waals surface area contributed by atoms with Gasteiger partial charge in [0, 0.05) is 12.1 Å². The number of ether oxygens (including phenoxy) is 1. The van der Waals surface area contributed by atoms with Gasteiger partial charge in [0.1, 0.15) is 0 Å². The molecule has 0 saturated carbocycles. The summed E-state index contributed by atoms with van der Waals surface area (Å²) in [6.45, 7) is 4.05. The summed E-state index contributed by atoms with van der Waals surface area (Å²) in [4.78, 5) is 18.3. The van der Waals surface area contributed by atoms with Crippen molar-refractivity contribution in [3.05, 3.63) is 41.2 Å². The van der Waals surface area contributed by atoms with E-state index >= 15 is 0 Å². The number of aromatic nitrogens is 4. The van der Waals surface area contributed by atoms with Crippen LogP contribution >= 0.6 is 0 Å². The van der Waals surface area contributed by atoms with Crippen LogP contribution in [0.1, 0.15) is 19.9 Å². The van der Waals surface area contributed by atoms with Crippen LogP contribution in [0.4, 0.5) is 5.69 Å². The zero-order valence-corrected chi connectivity index (χ0v) is 11.7. The van der Waals surface area contributed by atoms with E-state index in [1.54, 1.807) is 29.2 Å². The van der Waals surface area contributed by atoms with Crippen molar-refractivity contribution in [1.82, 2.24) is 19.7 Å². The van der Waals surface area contributed by atoms with E-state index in [0.717, 1.165) is 0 Å². The summed E-state index contributed by atoms with van der Waals surface area (Å²) in [5, 5.41) is 4.63. The largest absolute Gasteiger partial charge is 0.452 e. The number of anilines is 1. The second-order valence-electron chi connectivity index (χ2n) is 4.99. The monoisotopic (exact) mass is 285 g/mol. The van der Waals surface area contributed by atoms with E-state index in [4.69, 9.17) is 10.5 Å². The number of hydrogen-bond donors (Lipinski definition) is 2. The van der Waals surface area contributed by atoms with E-state index in [9.17, 15) is 4.79 Å². The van der Waals surface area contributed by atoms with Crippen molar-refractivity contribution in [2.24, 2.45) is 0 Å². The first-order chi connectivity index (χ1) is 10.0. The van der Waals surface area contributed by atoms with Crippen LogP contribution in [0.25, 0.3) is 10.9 Å². The molecule has 21 heavy (non-hydrogen) atoms. The van der Waals surface area contributed by atoms with Gasteiger partial charge in [0.25, 0.3) is 5.56 Å². The molecule has 0 atom stereocenters. The van der Waals surface area contributed by atoms with Gasteiger partial charge in [-0.3, -0.25) is 9.48 Å². The van der Waals surface area contributed by atoms with Crippen molar-refractivity contribution >= 4 is 16.6 Å². The SMILES string of the molecule is CC(C)n1cc(Oc2cc3nc[nH]c(=O)c3cc2N)cn1. The summed E-state index contributed by atoms with van der Waals surface area (Å²) in [6.07, 6.45) is 4.76.